The maximum absolute atomic E-state index is 5.74. The fourth-order valence-corrected chi connectivity index (χ4v) is 4.41. The first kappa shape index (κ1) is 16.0. The maximum Gasteiger partial charge on any atom is 0.162 e. The van der Waals surface area contributed by atoms with Gasteiger partial charge < -0.3 is 4.57 Å². The Morgan fingerprint density at radius 1 is 0.680 bits per heavy atom. The molecule has 0 atom stereocenters. The van der Waals surface area contributed by atoms with E-state index in [9.17, 15) is 0 Å². The molecule has 25 heavy (non-hydrogen) atoms. The highest BCUT2D eigenvalue weighted by Gasteiger charge is 2.16. The number of hydrogen-bond acceptors (Lipinski definition) is 2. The third-order valence-corrected chi connectivity index (χ3v) is 5.66. The first-order valence-electron chi connectivity index (χ1n) is 8.21. The summed E-state index contributed by atoms with van der Waals surface area (Å²) in [6.45, 7) is 0.785. The summed E-state index contributed by atoms with van der Waals surface area (Å²) in [5.74, 6) is 0. The maximum atomic E-state index is 5.74. The van der Waals surface area contributed by atoms with Gasteiger partial charge >= 0.3 is 0 Å². The summed E-state index contributed by atoms with van der Waals surface area (Å²) < 4.78 is 3.16. The first-order valence-corrected chi connectivity index (χ1v) is 9.44. The van der Waals surface area contributed by atoms with E-state index < -0.39 is 0 Å². The van der Waals surface area contributed by atoms with Gasteiger partial charge in [0.25, 0.3) is 0 Å². The van der Waals surface area contributed by atoms with E-state index in [0.717, 1.165) is 10.5 Å². The highest BCUT2D eigenvalue weighted by atomic mass is 32.1. The minimum absolute atomic E-state index is 0.785. The van der Waals surface area contributed by atoms with E-state index in [4.69, 9.17) is 12.2 Å². The molecule has 0 unspecified atom stereocenters. The van der Waals surface area contributed by atoms with Gasteiger partial charge in [0.15, 0.2) is 3.95 Å². The predicted octanol–water partition coefficient (Wildman–Crippen LogP) is 6.66. The van der Waals surface area contributed by atoms with E-state index in [1.165, 1.54) is 27.3 Å². The molecule has 0 saturated carbocycles. The summed E-state index contributed by atoms with van der Waals surface area (Å²) in [7, 11) is 0. The van der Waals surface area contributed by atoms with E-state index >= 15 is 0 Å². The average Bonchev–Trinajstić information content (AvgIpc) is 3.00. The lowest BCUT2D eigenvalue weighted by Crippen LogP contribution is -2.02. The number of nitrogens with zero attached hydrogens (tertiary/aromatic N) is 1. The summed E-state index contributed by atoms with van der Waals surface area (Å²) in [4.78, 5) is 1.23. The molecule has 0 bridgehead atoms. The smallest absolute Gasteiger partial charge is 0.162 e. The van der Waals surface area contributed by atoms with Crippen LogP contribution in [0, 0.1) is 3.95 Å². The molecule has 4 aromatic rings. The Morgan fingerprint density at radius 2 is 1.20 bits per heavy atom. The Balaban J connectivity index is 1.92. The molecule has 3 heteroatoms. The number of aromatic nitrogens is 1. The van der Waals surface area contributed by atoms with Gasteiger partial charge in [0.1, 0.15) is 0 Å². The molecule has 0 saturated heterocycles. The highest BCUT2D eigenvalue weighted by molar-refractivity contribution is 7.73. The van der Waals surface area contributed by atoms with Gasteiger partial charge in [0.05, 0.1) is 10.6 Å². The number of benzene rings is 3. The van der Waals surface area contributed by atoms with Crippen LogP contribution in [0.4, 0.5) is 0 Å². The molecule has 0 N–H and O–H groups in total. The van der Waals surface area contributed by atoms with E-state index in [0.29, 0.717) is 0 Å². The summed E-state index contributed by atoms with van der Waals surface area (Å²) in [6.07, 6.45) is 0. The Kier molecular flexibility index (Phi) is 4.59. The van der Waals surface area contributed by atoms with Gasteiger partial charge in [-0.15, -0.1) is 11.3 Å². The van der Waals surface area contributed by atoms with E-state index in [2.05, 4.69) is 77.4 Å². The van der Waals surface area contributed by atoms with Crippen molar-refractivity contribution < 1.29 is 0 Å². The summed E-state index contributed by atoms with van der Waals surface area (Å²) >= 11 is 7.43. The largest absolute Gasteiger partial charge is 0.318 e. The van der Waals surface area contributed by atoms with E-state index in [-0.39, 0.29) is 0 Å². The SMILES string of the molecule is S=c1sc(-c2ccccc2)c(-c2ccccc2)n1Cc1ccccc1. The van der Waals surface area contributed by atoms with Crippen LogP contribution in [0.2, 0.25) is 0 Å². The molecule has 1 heterocycles. The van der Waals surface area contributed by atoms with Crippen LogP contribution < -0.4 is 0 Å². The van der Waals surface area contributed by atoms with Gasteiger partial charge in [-0.25, -0.2) is 0 Å². The number of hydrogen-bond donors (Lipinski definition) is 0. The first-order chi connectivity index (χ1) is 12.3. The minimum atomic E-state index is 0.785. The van der Waals surface area contributed by atoms with Crippen LogP contribution in [0.5, 0.6) is 0 Å². The Labute approximate surface area is 156 Å². The summed E-state index contributed by atoms with van der Waals surface area (Å²) in [5.41, 5.74) is 4.87. The lowest BCUT2D eigenvalue weighted by molar-refractivity contribution is 0.809. The molecule has 0 radical (unpaired) electrons. The lowest BCUT2D eigenvalue weighted by Gasteiger charge is -2.11. The molecule has 0 aliphatic carbocycles. The van der Waals surface area contributed by atoms with Crippen LogP contribution in [0.1, 0.15) is 5.56 Å². The van der Waals surface area contributed by atoms with Gasteiger partial charge in [0, 0.05) is 6.54 Å². The standard InChI is InChI=1S/C22H17NS2/c24-22-23(16-17-10-4-1-5-11-17)20(18-12-6-2-7-13-18)21(25-22)19-14-8-3-9-15-19/h1-15H,16H2. The fraction of sp³-hybridized carbons (Fsp3) is 0.0455. The van der Waals surface area contributed by atoms with Gasteiger partial charge in [-0.1, -0.05) is 91.0 Å². The Morgan fingerprint density at radius 3 is 1.80 bits per heavy atom. The molecule has 1 nitrogen and oxygen atoms in total. The molecule has 0 aliphatic heterocycles. The monoisotopic (exact) mass is 359 g/mol. The van der Waals surface area contributed by atoms with Gasteiger partial charge in [0.2, 0.25) is 0 Å². The highest BCUT2D eigenvalue weighted by Crippen LogP contribution is 2.38. The normalized spacial score (nSPS) is 10.7. The van der Waals surface area contributed by atoms with Crippen molar-refractivity contribution in [3.63, 3.8) is 0 Å². The van der Waals surface area contributed by atoms with Crippen molar-refractivity contribution in [1.82, 2.24) is 4.57 Å². The molecule has 0 fully saturated rings. The van der Waals surface area contributed by atoms with Crippen molar-refractivity contribution >= 4 is 23.6 Å². The van der Waals surface area contributed by atoms with Crippen molar-refractivity contribution in [3.8, 4) is 21.7 Å². The molecule has 4 rings (SSSR count). The molecule has 1 aromatic heterocycles. The Bertz CT molecular complexity index is 1020. The van der Waals surface area contributed by atoms with Gasteiger partial charge in [-0.2, -0.15) is 0 Å². The molecule has 0 amide bonds. The quantitative estimate of drug-likeness (QED) is 0.369. The molecule has 0 spiro atoms. The minimum Gasteiger partial charge on any atom is -0.318 e. The summed E-state index contributed by atoms with van der Waals surface area (Å²) in [5, 5.41) is 0. The zero-order valence-corrected chi connectivity index (χ0v) is 15.3. The second-order valence-corrected chi connectivity index (χ2v) is 7.49. The number of rotatable bonds is 4. The molecular formula is C22H17NS2. The number of thiazole rings is 1. The predicted molar refractivity (Wildman–Crippen MR) is 110 cm³/mol. The second kappa shape index (κ2) is 7.18. The topological polar surface area (TPSA) is 4.93 Å². The van der Waals surface area contributed by atoms with Crippen molar-refractivity contribution in [3.05, 3.63) is 101 Å². The molecule has 122 valence electrons. The van der Waals surface area contributed by atoms with Crippen LogP contribution in [0.3, 0.4) is 0 Å². The zero-order valence-electron chi connectivity index (χ0n) is 13.6. The molecule has 0 aliphatic rings. The lowest BCUT2D eigenvalue weighted by atomic mass is 10.1. The van der Waals surface area contributed by atoms with Crippen molar-refractivity contribution in [2.24, 2.45) is 0 Å². The van der Waals surface area contributed by atoms with Crippen LogP contribution >= 0.6 is 23.6 Å². The zero-order chi connectivity index (χ0) is 17.1. The third kappa shape index (κ3) is 3.34. The third-order valence-electron chi connectivity index (χ3n) is 4.16. The average molecular weight is 360 g/mol. The van der Waals surface area contributed by atoms with E-state index in [1.807, 2.05) is 18.2 Å². The van der Waals surface area contributed by atoms with Crippen LogP contribution in [0.15, 0.2) is 91.0 Å². The van der Waals surface area contributed by atoms with Crippen LogP contribution in [-0.2, 0) is 6.54 Å². The van der Waals surface area contributed by atoms with Crippen LogP contribution in [-0.4, -0.2) is 4.57 Å². The fourth-order valence-electron chi connectivity index (χ4n) is 2.98. The van der Waals surface area contributed by atoms with Crippen molar-refractivity contribution in [2.75, 3.05) is 0 Å². The Hall–Kier alpha value is -2.49. The van der Waals surface area contributed by atoms with Gasteiger partial charge in [-0.05, 0) is 28.9 Å². The van der Waals surface area contributed by atoms with E-state index in [1.54, 1.807) is 11.3 Å². The second-order valence-electron chi connectivity index (χ2n) is 5.85. The van der Waals surface area contributed by atoms with Gasteiger partial charge in [-0.3, -0.25) is 0 Å². The van der Waals surface area contributed by atoms with Crippen molar-refractivity contribution in [2.45, 2.75) is 6.54 Å². The molecule has 3 aromatic carbocycles. The van der Waals surface area contributed by atoms with Crippen molar-refractivity contribution in [1.29, 1.82) is 0 Å². The van der Waals surface area contributed by atoms with Crippen LogP contribution in [0.25, 0.3) is 21.7 Å². The molecular weight excluding hydrogens is 342 g/mol. The summed E-state index contributed by atoms with van der Waals surface area (Å²) in [6, 6.07) is 31.5.